The highest BCUT2D eigenvalue weighted by Crippen LogP contribution is 2.36. The molecule has 1 unspecified atom stereocenters. The first kappa shape index (κ1) is 16.8. The zero-order valence-corrected chi connectivity index (χ0v) is 14.2. The molecule has 0 bridgehead atoms. The molecule has 0 aliphatic carbocycles. The van der Waals surface area contributed by atoms with E-state index in [2.05, 4.69) is 10.6 Å². The molecule has 1 saturated heterocycles. The molecule has 6 nitrogen and oxygen atoms in total. The maximum atomic E-state index is 12.6. The smallest absolute Gasteiger partial charge is 0.251 e. The van der Waals surface area contributed by atoms with E-state index >= 15 is 0 Å². The summed E-state index contributed by atoms with van der Waals surface area (Å²) in [6.45, 7) is 4.90. The third kappa shape index (κ3) is 3.11. The fourth-order valence-corrected chi connectivity index (χ4v) is 3.48. The van der Waals surface area contributed by atoms with E-state index in [1.54, 1.807) is 4.90 Å². The molecule has 1 atom stereocenters. The zero-order valence-electron chi connectivity index (χ0n) is 14.2. The van der Waals surface area contributed by atoms with E-state index in [0.717, 1.165) is 11.4 Å². The second-order valence-electron chi connectivity index (χ2n) is 7.18. The zero-order chi connectivity index (χ0) is 17.3. The fraction of sp³-hybridized carbons (Fsp3) is 0.556. The molecule has 2 aliphatic heterocycles. The molecule has 1 aromatic carbocycles. The van der Waals surface area contributed by atoms with Crippen LogP contribution in [0.25, 0.3) is 0 Å². The van der Waals surface area contributed by atoms with Crippen LogP contribution in [0.4, 0.5) is 11.4 Å². The van der Waals surface area contributed by atoms with E-state index in [1.807, 2.05) is 38.1 Å². The lowest BCUT2D eigenvalue weighted by atomic mass is 9.84. The van der Waals surface area contributed by atoms with Gasteiger partial charge in [0.05, 0.1) is 11.4 Å². The monoisotopic (exact) mass is 331 g/mol. The molecule has 2 heterocycles. The van der Waals surface area contributed by atoms with Crippen LogP contribution in [-0.2, 0) is 9.59 Å². The first-order valence-electron chi connectivity index (χ1n) is 8.57. The number of amides is 2. The van der Waals surface area contributed by atoms with Gasteiger partial charge < -0.3 is 20.6 Å². The van der Waals surface area contributed by atoms with E-state index < -0.39 is 11.6 Å². The number of hydrogen-bond donors (Lipinski definition) is 3. The summed E-state index contributed by atoms with van der Waals surface area (Å²) >= 11 is 0. The summed E-state index contributed by atoms with van der Waals surface area (Å²) in [5.74, 6) is -0.00595. The van der Waals surface area contributed by atoms with Gasteiger partial charge in [0.1, 0.15) is 11.6 Å². The Labute approximate surface area is 142 Å². The molecule has 1 fully saturated rings. The van der Waals surface area contributed by atoms with Gasteiger partial charge in [-0.3, -0.25) is 9.59 Å². The average molecular weight is 331 g/mol. The predicted molar refractivity (Wildman–Crippen MR) is 92.7 cm³/mol. The molecular weight excluding hydrogens is 306 g/mol. The van der Waals surface area contributed by atoms with Gasteiger partial charge in [-0.05, 0) is 37.3 Å². The van der Waals surface area contributed by atoms with Crippen molar-refractivity contribution in [2.75, 3.05) is 23.7 Å². The molecule has 2 aliphatic rings. The lowest BCUT2D eigenvalue weighted by molar-refractivity contribution is -0.143. The number of nitrogens with one attached hydrogen (secondary N) is 2. The first-order chi connectivity index (χ1) is 11.4. The number of aliphatic hydroxyl groups excluding tert-OH is 1. The number of aliphatic hydroxyl groups is 1. The minimum atomic E-state index is -0.951. The van der Waals surface area contributed by atoms with Crippen LogP contribution in [0.2, 0.25) is 0 Å². The summed E-state index contributed by atoms with van der Waals surface area (Å²) in [6.07, 6.45) is 0.584. The topological polar surface area (TPSA) is 81.7 Å². The Kier molecular flexibility index (Phi) is 4.49. The Morgan fingerprint density at radius 3 is 2.50 bits per heavy atom. The summed E-state index contributed by atoms with van der Waals surface area (Å²) < 4.78 is 0. The van der Waals surface area contributed by atoms with Gasteiger partial charge in [-0.25, -0.2) is 0 Å². The van der Waals surface area contributed by atoms with Crippen LogP contribution in [0.15, 0.2) is 24.3 Å². The lowest BCUT2D eigenvalue weighted by Crippen LogP contribution is -2.59. The molecule has 0 saturated carbocycles. The number of carbonyl (C=O) groups is 2. The van der Waals surface area contributed by atoms with Crippen molar-refractivity contribution < 1.29 is 14.7 Å². The second-order valence-corrected chi connectivity index (χ2v) is 7.18. The normalized spacial score (nSPS) is 20.3. The number of para-hydroxylation sites is 2. The van der Waals surface area contributed by atoms with E-state index in [1.165, 1.54) is 0 Å². The number of rotatable bonds is 3. The Hall–Kier alpha value is -2.08. The van der Waals surface area contributed by atoms with Crippen molar-refractivity contribution in [3.8, 4) is 0 Å². The minimum Gasteiger partial charge on any atom is -0.383 e. The van der Waals surface area contributed by atoms with Crippen molar-refractivity contribution in [2.45, 2.75) is 44.8 Å². The van der Waals surface area contributed by atoms with Crippen LogP contribution in [-0.4, -0.2) is 46.6 Å². The van der Waals surface area contributed by atoms with Crippen molar-refractivity contribution in [2.24, 2.45) is 5.92 Å². The molecule has 24 heavy (non-hydrogen) atoms. The van der Waals surface area contributed by atoms with Gasteiger partial charge in [-0.15, -0.1) is 0 Å². The second kappa shape index (κ2) is 6.43. The minimum absolute atomic E-state index is 0.0453. The third-order valence-electron chi connectivity index (χ3n) is 4.89. The van der Waals surface area contributed by atoms with E-state index in [9.17, 15) is 14.7 Å². The highest BCUT2D eigenvalue weighted by Gasteiger charge is 2.45. The number of fused-ring (bicyclic) bond motifs is 1. The van der Waals surface area contributed by atoms with Gasteiger partial charge in [0.15, 0.2) is 0 Å². The Morgan fingerprint density at radius 1 is 1.25 bits per heavy atom. The van der Waals surface area contributed by atoms with Crippen LogP contribution in [0.1, 0.15) is 33.1 Å². The van der Waals surface area contributed by atoms with Crippen molar-refractivity contribution >= 4 is 23.2 Å². The number of benzene rings is 1. The molecule has 2 amide bonds. The van der Waals surface area contributed by atoms with Gasteiger partial charge in [0.25, 0.3) is 5.91 Å². The van der Waals surface area contributed by atoms with Crippen molar-refractivity contribution in [1.29, 1.82) is 0 Å². The average Bonchev–Trinajstić information content (AvgIpc) is 2.55. The molecule has 1 spiro atoms. The van der Waals surface area contributed by atoms with E-state index in [-0.39, 0.29) is 17.7 Å². The summed E-state index contributed by atoms with van der Waals surface area (Å²) in [6, 6.07) is 7.63. The van der Waals surface area contributed by atoms with Crippen LogP contribution >= 0.6 is 0 Å². The molecule has 3 N–H and O–H groups in total. The Bertz CT molecular complexity index is 636. The quantitative estimate of drug-likeness (QED) is 0.789. The third-order valence-corrected chi connectivity index (χ3v) is 4.89. The first-order valence-corrected chi connectivity index (χ1v) is 8.57. The van der Waals surface area contributed by atoms with Gasteiger partial charge in [0.2, 0.25) is 5.91 Å². The van der Waals surface area contributed by atoms with E-state index in [0.29, 0.717) is 32.4 Å². The summed E-state index contributed by atoms with van der Waals surface area (Å²) in [5.41, 5.74) is 1.03. The van der Waals surface area contributed by atoms with Gasteiger partial charge in [-0.2, -0.15) is 0 Å². The van der Waals surface area contributed by atoms with Crippen LogP contribution in [0.3, 0.4) is 0 Å². The summed E-state index contributed by atoms with van der Waals surface area (Å²) in [7, 11) is 0. The van der Waals surface area contributed by atoms with Crippen LogP contribution in [0, 0.1) is 5.92 Å². The Balaban J connectivity index is 1.66. The van der Waals surface area contributed by atoms with Gasteiger partial charge in [-0.1, -0.05) is 26.0 Å². The van der Waals surface area contributed by atoms with Gasteiger partial charge in [0, 0.05) is 13.1 Å². The maximum Gasteiger partial charge on any atom is 0.251 e. The fourth-order valence-electron chi connectivity index (χ4n) is 3.48. The van der Waals surface area contributed by atoms with Gasteiger partial charge >= 0.3 is 0 Å². The number of anilines is 2. The highest BCUT2D eigenvalue weighted by atomic mass is 16.3. The summed E-state index contributed by atoms with van der Waals surface area (Å²) in [5, 5.41) is 16.4. The summed E-state index contributed by atoms with van der Waals surface area (Å²) in [4.78, 5) is 26.6. The maximum absolute atomic E-state index is 12.6. The van der Waals surface area contributed by atoms with Crippen molar-refractivity contribution in [3.63, 3.8) is 0 Å². The highest BCUT2D eigenvalue weighted by molar-refractivity contribution is 6.06. The lowest BCUT2D eigenvalue weighted by Gasteiger charge is -2.44. The number of hydrogen-bond acceptors (Lipinski definition) is 4. The molecule has 3 rings (SSSR count). The largest absolute Gasteiger partial charge is 0.383 e. The Morgan fingerprint density at radius 2 is 1.88 bits per heavy atom. The van der Waals surface area contributed by atoms with Crippen molar-refractivity contribution in [3.05, 3.63) is 24.3 Å². The molecular formula is C18H25N3O3. The molecule has 130 valence electrons. The SMILES string of the molecule is CC(C)CC(O)C(=O)N1CCC2(CC1)Nc1ccccc1NC2=O. The van der Waals surface area contributed by atoms with E-state index in [4.69, 9.17) is 0 Å². The predicted octanol–water partition coefficient (Wildman–Crippen LogP) is 1.82. The molecule has 6 heteroatoms. The molecule has 1 aromatic rings. The van der Waals surface area contributed by atoms with Crippen LogP contribution < -0.4 is 10.6 Å². The number of likely N-dealkylation sites (tertiary alicyclic amines) is 1. The number of carbonyl (C=O) groups excluding carboxylic acids is 2. The van der Waals surface area contributed by atoms with Crippen LogP contribution in [0.5, 0.6) is 0 Å². The van der Waals surface area contributed by atoms with Crippen molar-refractivity contribution in [1.82, 2.24) is 4.90 Å². The number of nitrogens with zero attached hydrogens (tertiary/aromatic N) is 1. The molecule has 0 aromatic heterocycles. The molecule has 0 radical (unpaired) electrons. The standard InChI is InChI=1S/C18H25N3O3/c1-12(2)11-15(22)16(23)21-9-7-18(8-10-21)17(24)19-13-5-3-4-6-14(13)20-18/h3-6,12,15,20,22H,7-11H2,1-2H3,(H,19,24). The number of piperidine rings is 1.